The molecule has 1 aliphatic rings. The fourth-order valence-electron chi connectivity index (χ4n) is 1.88. The first-order chi connectivity index (χ1) is 11.3. The van der Waals surface area contributed by atoms with E-state index in [2.05, 4.69) is 9.84 Å². The summed E-state index contributed by atoms with van der Waals surface area (Å²) < 4.78 is 58.8. The van der Waals surface area contributed by atoms with Crippen LogP contribution in [0.1, 0.15) is 19.8 Å². The predicted molar refractivity (Wildman–Crippen MR) is 71.6 cm³/mol. The van der Waals surface area contributed by atoms with Crippen LogP contribution in [0.4, 0.5) is 23.2 Å². The van der Waals surface area contributed by atoms with Crippen molar-refractivity contribution in [1.82, 2.24) is 0 Å². The van der Waals surface area contributed by atoms with Crippen LogP contribution in [0.25, 0.3) is 0 Å². The van der Waals surface area contributed by atoms with E-state index in [1.165, 1.54) is 6.92 Å². The van der Waals surface area contributed by atoms with Gasteiger partial charge in [0.2, 0.25) is 5.91 Å². The molecule has 1 heterocycles. The molecule has 10 heteroatoms. The molecule has 1 aliphatic heterocycles. The van der Waals surface area contributed by atoms with Crippen molar-refractivity contribution in [2.45, 2.75) is 25.9 Å². The highest BCUT2D eigenvalue weighted by molar-refractivity contribution is 6.38. The standard InChI is InChI=1S/C14H9F4N3O3/c1-6(5-19)24-14(23)9-2-3-10(22)21(20-9)13-11(17)7(15)4-8(16)12(13)18/h4,6H,2-3H2,1H3/t6-/m1/s1. The topological polar surface area (TPSA) is 82.8 Å². The number of nitrogens with zero attached hydrogens (tertiary/aromatic N) is 3. The Bertz CT molecular complexity index is 762. The van der Waals surface area contributed by atoms with Crippen molar-refractivity contribution in [3.05, 3.63) is 29.3 Å². The quantitative estimate of drug-likeness (QED) is 0.478. The van der Waals surface area contributed by atoms with Crippen LogP contribution < -0.4 is 5.01 Å². The third kappa shape index (κ3) is 3.19. The molecule has 1 atom stereocenters. The Labute approximate surface area is 132 Å². The summed E-state index contributed by atoms with van der Waals surface area (Å²) in [5.41, 5.74) is -1.78. The molecule has 0 saturated carbocycles. The van der Waals surface area contributed by atoms with Crippen molar-refractivity contribution < 1.29 is 31.9 Å². The van der Waals surface area contributed by atoms with Gasteiger partial charge in [-0.15, -0.1) is 0 Å². The number of rotatable bonds is 3. The zero-order valence-electron chi connectivity index (χ0n) is 12.1. The molecular weight excluding hydrogens is 334 g/mol. The zero-order chi connectivity index (χ0) is 18.0. The van der Waals surface area contributed by atoms with E-state index in [1.807, 2.05) is 0 Å². The second kappa shape index (κ2) is 6.66. The lowest BCUT2D eigenvalue weighted by Gasteiger charge is -2.23. The first kappa shape index (κ1) is 17.4. The van der Waals surface area contributed by atoms with E-state index in [0.29, 0.717) is 0 Å². The number of carbonyl (C=O) groups is 2. The fourth-order valence-corrected chi connectivity index (χ4v) is 1.88. The Kier molecular flexibility index (Phi) is 4.82. The number of anilines is 1. The Morgan fingerprint density at radius 2 is 1.88 bits per heavy atom. The van der Waals surface area contributed by atoms with Crippen LogP contribution in [0, 0.1) is 34.6 Å². The van der Waals surface area contributed by atoms with E-state index in [9.17, 15) is 27.2 Å². The van der Waals surface area contributed by atoms with Gasteiger partial charge in [-0.3, -0.25) is 4.79 Å². The molecule has 0 spiro atoms. The van der Waals surface area contributed by atoms with Gasteiger partial charge in [-0.25, -0.2) is 22.4 Å². The van der Waals surface area contributed by atoms with Crippen LogP contribution in [0.2, 0.25) is 0 Å². The summed E-state index contributed by atoms with van der Waals surface area (Å²) in [6, 6.07) is 1.60. The highest BCUT2D eigenvalue weighted by Gasteiger charge is 2.33. The minimum absolute atomic E-state index is 0.0178. The molecule has 0 N–H and O–H groups in total. The third-order valence-corrected chi connectivity index (χ3v) is 3.03. The number of amides is 1. The van der Waals surface area contributed by atoms with Gasteiger partial charge in [-0.05, 0) is 6.92 Å². The number of esters is 1. The van der Waals surface area contributed by atoms with Crippen molar-refractivity contribution in [3.63, 3.8) is 0 Å². The maximum atomic E-state index is 13.8. The largest absolute Gasteiger partial charge is 0.443 e. The van der Waals surface area contributed by atoms with Gasteiger partial charge in [0.15, 0.2) is 29.4 Å². The maximum Gasteiger partial charge on any atom is 0.355 e. The fraction of sp³-hybridized carbons (Fsp3) is 0.286. The van der Waals surface area contributed by atoms with Crippen molar-refractivity contribution in [1.29, 1.82) is 5.26 Å². The summed E-state index contributed by atoms with van der Waals surface area (Å²) in [7, 11) is 0. The normalized spacial score (nSPS) is 15.6. The van der Waals surface area contributed by atoms with E-state index in [1.54, 1.807) is 6.07 Å². The molecule has 6 nitrogen and oxygen atoms in total. The maximum absolute atomic E-state index is 13.8. The Hall–Kier alpha value is -2.96. The van der Waals surface area contributed by atoms with Crippen LogP contribution >= 0.6 is 0 Å². The summed E-state index contributed by atoms with van der Waals surface area (Å²) in [6.45, 7) is 1.27. The van der Waals surface area contributed by atoms with Gasteiger partial charge in [-0.2, -0.15) is 15.4 Å². The second-order valence-corrected chi connectivity index (χ2v) is 4.75. The van der Waals surface area contributed by atoms with Gasteiger partial charge >= 0.3 is 5.97 Å². The molecule has 0 saturated heterocycles. The minimum atomic E-state index is -1.83. The van der Waals surface area contributed by atoms with Gasteiger partial charge in [-0.1, -0.05) is 0 Å². The SMILES string of the molecule is C[C@H](C#N)OC(=O)C1=NN(c2c(F)c(F)cc(F)c2F)C(=O)CC1. The molecule has 1 amide bonds. The monoisotopic (exact) mass is 343 g/mol. The van der Waals surface area contributed by atoms with E-state index in [0.717, 1.165) is 0 Å². The molecule has 0 fully saturated rings. The summed E-state index contributed by atoms with van der Waals surface area (Å²) in [5, 5.41) is 12.1. The number of hydrogen-bond acceptors (Lipinski definition) is 5. The van der Waals surface area contributed by atoms with E-state index >= 15 is 0 Å². The van der Waals surface area contributed by atoms with Crippen molar-refractivity contribution in [2.75, 3.05) is 5.01 Å². The van der Waals surface area contributed by atoms with Gasteiger partial charge < -0.3 is 4.74 Å². The third-order valence-electron chi connectivity index (χ3n) is 3.03. The summed E-state index contributed by atoms with van der Waals surface area (Å²) in [4.78, 5) is 23.6. The molecule has 0 aromatic heterocycles. The minimum Gasteiger partial charge on any atom is -0.443 e. The van der Waals surface area contributed by atoms with Crippen LogP contribution in [-0.2, 0) is 14.3 Å². The van der Waals surface area contributed by atoms with Gasteiger partial charge in [0, 0.05) is 18.9 Å². The van der Waals surface area contributed by atoms with Gasteiger partial charge in [0.1, 0.15) is 17.5 Å². The number of ether oxygens (including phenoxy) is 1. The van der Waals surface area contributed by atoms with Gasteiger partial charge in [0.05, 0.1) is 0 Å². The first-order valence-electron chi connectivity index (χ1n) is 6.60. The number of halogens is 4. The molecule has 1 aromatic rings. The summed E-state index contributed by atoms with van der Waals surface area (Å²) in [5.74, 6) is -9.15. The van der Waals surface area contributed by atoms with Crippen LogP contribution in [-0.4, -0.2) is 23.7 Å². The number of carbonyl (C=O) groups excluding carboxylic acids is 2. The smallest absolute Gasteiger partial charge is 0.355 e. The second-order valence-electron chi connectivity index (χ2n) is 4.75. The highest BCUT2D eigenvalue weighted by atomic mass is 19.2. The first-order valence-corrected chi connectivity index (χ1v) is 6.60. The average Bonchev–Trinajstić information content (AvgIpc) is 2.54. The number of hydrogen-bond donors (Lipinski definition) is 0. The van der Waals surface area contributed by atoms with Crippen LogP contribution in [0.15, 0.2) is 11.2 Å². The zero-order valence-corrected chi connectivity index (χ0v) is 12.1. The van der Waals surface area contributed by atoms with Crippen molar-refractivity contribution in [2.24, 2.45) is 5.10 Å². The Morgan fingerprint density at radius 1 is 1.29 bits per heavy atom. The van der Waals surface area contributed by atoms with Crippen LogP contribution in [0.3, 0.4) is 0 Å². The lowest BCUT2D eigenvalue weighted by molar-refractivity contribution is -0.137. The molecule has 126 valence electrons. The van der Waals surface area contributed by atoms with Crippen LogP contribution in [0.5, 0.6) is 0 Å². The highest BCUT2D eigenvalue weighted by Crippen LogP contribution is 2.30. The molecule has 0 bridgehead atoms. The summed E-state index contributed by atoms with van der Waals surface area (Å²) in [6.07, 6.45) is -1.73. The van der Waals surface area contributed by atoms with Crippen molar-refractivity contribution >= 4 is 23.3 Å². The lowest BCUT2D eigenvalue weighted by atomic mass is 10.1. The molecule has 1 aromatic carbocycles. The van der Waals surface area contributed by atoms with E-state index in [4.69, 9.17) is 5.26 Å². The predicted octanol–water partition coefficient (Wildman–Crippen LogP) is 2.18. The number of benzene rings is 1. The Balaban J connectivity index is 2.46. The lowest BCUT2D eigenvalue weighted by Crippen LogP contribution is -2.36. The van der Waals surface area contributed by atoms with Crippen molar-refractivity contribution in [3.8, 4) is 6.07 Å². The number of nitriles is 1. The molecule has 2 rings (SSSR count). The molecule has 24 heavy (non-hydrogen) atoms. The van der Waals surface area contributed by atoms with E-state index in [-0.39, 0.29) is 17.5 Å². The van der Waals surface area contributed by atoms with E-state index < -0.39 is 59.1 Å². The average molecular weight is 343 g/mol. The molecule has 0 aliphatic carbocycles. The number of hydrazone groups is 1. The molecular formula is C14H9F4N3O3. The summed E-state index contributed by atoms with van der Waals surface area (Å²) >= 11 is 0. The van der Waals surface area contributed by atoms with Gasteiger partial charge in [0.25, 0.3) is 0 Å². The molecule has 0 unspecified atom stereocenters. The molecule has 0 radical (unpaired) electrons. The Morgan fingerprint density at radius 3 is 2.42 bits per heavy atom.